The van der Waals surface area contributed by atoms with Crippen LogP contribution in [0.15, 0.2) is 30.3 Å². The van der Waals surface area contributed by atoms with Crippen LogP contribution < -0.4 is 21.3 Å². The molecule has 0 saturated heterocycles. The molecule has 1 aromatic rings. The van der Waals surface area contributed by atoms with Crippen LogP contribution in [0, 0.1) is 5.92 Å². The highest BCUT2D eigenvalue weighted by Crippen LogP contribution is 2.16. The van der Waals surface area contributed by atoms with E-state index in [0.717, 1.165) is 18.4 Å². The predicted molar refractivity (Wildman–Crippen MR) is 163 cm³/mol. The molecule has 9 nitrogen and oxygen atoms in total. The third-order valence-corrected chi connectivity index (χ3v) is 8.52. The van der Waals surface area contributed by atoms with E-state index in [1.165, 1.54) is 0 Å². The van der Waals surface area contributed by atoms with Crippen molar-refractivity contribution in [3.63, 3.8) is 0 Å². The summed E-state index contributed by atoms with van der Waals surface area (Å²) in [7, 11) is -3.26. The molecular weight excluding hydrogens is 528 g/mol. The molecule has 0 aliphatic heterocycles. The molecule has 40 heavy (non-hydrogen) atoms. The molecule has 0 spiro atoms. The van der Waals surface area contributed by atoms with Gasteiger partial charge in [-0.25, -0.2) is 13.2 Å². The zero-order valence-electron chi connectivity index (χ0n) is 25.8. The second-order valence-corrected chi connectivity index (χ2v) is 15.1. The van der Waals surface area contributed by atoms with Gasteiger partial charge >= 0.3 is 6.03 Å². The van der Waals surface area contributed by atoms with Crippen molar-refractivity contribution in [1.82, 2.24) is 21.3 Å². The number of carbonyl (C=O) groups excluding carboxylic acids is 2. The fourth-order valence-electron chi connectivity index (χ4n) is 4.41. The van der Waals surface area contributed by atoms with E-state index in [9.17, 15) is 23.1 Å². The Morgan fingerprint density at radius 1 is 0.950 bits per heavy atom. The van der Waals surface area contributed by atoms with Crippen molar-refractivity contribution >= 4 is 21.8 Å². The Hall–Kier alpha value is -2.17. The van der Waals surface area contributed by atoms with Crippen molar-refractivity contribution in [2.24, 2.45) is 5.92 Å². The molecule has 1 unspecified atom stereocenters. The van der Waals surface area contributed by atoms with Crippen molar-refractivity contribution in [1.29, 1.82) is 0 Å². The number of aliphatic hydroxyl groups is 1. The molecule has 3 atom stereocenters. The molecule has 230 valence electrons. The summed E-state index contributed by atoms with van der Waals surface area (Å²) in [6, 6.07) is 7.90. The maximum Gasteiger partial charge on any atom is 0.315 e. The van der Waals surface area contributed by atoms with E-state index in [1.807, 2.05) is 58.0 Å². The summed E-state index contributed by atoms with van der Waals surface area (Å²) in [5, 5.41) is 23.4. The third kappa shape index (κ3) is 15.6. The summed E-state index contributed by atoms with van der Waals surface area (Å²) in [6.45, 7) is 15.2. The van der Waals surface area contributed by atoms with Crippen LogP contribution in [-0.2, 0) is 21.1 Å². The zero-order valence-corrected chi connectivity index (χ0v) is 26.7. The van der Waals surface area contributed by atoms with Crippen LogP contribution in [0.25, 0.3) is 0 Å². The first-order valence-electron chi connectivity index (χ1n) is 14.5. The number of carbonyl (C=O) groups is 2. The maximum atomic E-state index is 13.1. The lowest BCUT2D eigenvalue weighted by atomic mass is 9.92. The van der Waals surface area contributed by atoms with E-state index in [2.05, 4.69) is 35.1 Å². The number of benzene rings is 1. The smallest absolute Gasteiger partial charge is 0.315 e. The van der Waals surface area contributed by atoms with Gasteiger partial charge in [-0.3, -0.25) is 4.79 Å². The van der Waals surface area contributed by atoms with E-state index >= 15 is 0 Å². The number of nitrogens with one attached hydrogen (secondary N) is 4. The Morgan fingerprint density at radius 3 is 2.12 bits per heavy atom. The first-order chi connectivity index (χ1) is 18.4. The van der Waals surface area contributed by atoms with Crippen LogP contribution in [0.3, 0.4) is 0 Å². The molecule has 3 amide bonds. The Bertz CT molecular complexity index is 1010. The van der Waals surface area contributed by atoms with Gasteiger partial charge in [0.25, 0.3) is 0 Å². The largest absolute Gasteiger partial charge is 0.389 e. The molecule has 0 heterocycles. The maximum absolute atomic E-state index is 13.1. The lowest BCUT2D eigenvalue weighted by Crippen LogP contribution is -2.59. The van der Waals surface area contributed by atoms with Gasteiger partial charge in [0.05, 0.1) is 36.2 Å². The lowest BCUT2D eigenvalue weighted by Gasteiger charge is -2.33. The summed E-state index contributed by atoms with van der Waals surface area (Å²) < 4.78 is 24.9. The number of amides is 3. The van der Waals surface area contributed by atoms with Gasteiger partial charge in [0.1, 0.15) is 0 Å². The molecule has 0 aliphatic carbocycles. The van der Waals surface area contributed by atoms with Crippen LogP contribution >= 0.6 is 0 Å². The van der Waals surface area contributed by atoms with Crippen molar-refractivity contribution in [3.05, 3.63) is 35.9 Å². The minimum Gasteiger partial charge on any atom is -0.389 e. The molecule has 0 aliphatic rings. The summed E-state index contributed by atoms with van der Waals surface area (Å²) in [5.41, 5.74) is -0.314. The van der Waals surface area contributed by atoms with Gasteiger partial charge in [-0.15, -0.1) is 0 Å². The Balaban J connectivity index is 3.06. The van der Waals surface area contributed by atoms with Crippen LogP contribution in [0.4, 0.5) is 4.79 Å². The number of urea groups is 1. The quantitative estimate of drug-likeness (QED) is 0.191. The molecule has 5 N–H and O–H groups in total. The van der Waals surface area contributed by atoms with E-state index in [0.29, 0.717) is 25.2 Å². The summed E-state index contributed by atoms with van der Waals surface area (Å²) in [6.07, 6.45) is 2.03. The first-order valence-corrected chi connectivity index (χ1v) is 16.3. The minimum atomic E-state index is -3.26. The Morgan fingerprint density at radius 2 is 1.57 bits per heavy atom. The normalized spacial score (nSPS) is 14.8. The van der Waals surface area contributed by atoms with Crippen LogP contribution in [-0.4, -0.2) is 72.8 Å². The number of rotatable bonds is 17. The lowest BCUT2D eigenvalue weighted by molar-refractivity contribution is -0.122. The molecule has 1 aromatic carbocycles. The van der Waals surface area contributed by atoms with Gasteiger partial charge in [0, 0.05) is 11.1 Å². The predicted octanol–water partition coefficient (Wildman–Crippen LogP) is 3.56. The van der Waals surface area contributed by atoms with Gasteiger partial charge in [-0.05, 0) is 71.8 Å². The molecule has 0 aromatic heterocycles. The third-order valence-electron chi connectivity index (χ3n) is 6.45. The molecule has 0 saturated carbocycles. The standard InChI is InChI=1S/C30H54N4O5S/c1-9-10-18-40(38,39)21-30(7,8)31-20-26(35)32-25(19-23-14-12-11-13-15-23)27(36)24(17-16-22(2)3)33-28(37)34-29(4,5)6/h11-15,22,24-25,27,31,36H,9-10,16-21H2,1-8H3,(H,32,35)(H2,33,34,37)/t24?,25-,27-/m0/s1. The van der Waals surface area contributed by atoms with Gasteiger partial charge < -0.3 is 26.4 Å². The highest BCUT2D eigenvalue weighted by molar-refractivity contribution is 7.91. The number of unbranched alkanes of at least 4 members (excludes halogenated alkanes) is 1. The second kappa shape index (κ2) is 16.3. The fraction of sp³-hybridized carbons (Fsp3) is 0.733. The average molecular weight is 583 g/mol. The fourth-order valence-corrected chi connectivity index (χ4v) is 6.48. The number of hydrogen-bond acceptors (Lipinski definition) is 6. The van der Waals surface area contributed by atoms with Gasteiger partial charge in [0.2, 0.25) is 5.91 Å². The van der Waals surface area contributed by atoms with E-state index in [-0.39, 0.29) is 30.0 Å². The summed E-state index contributed by atoms with van der Waals surface area (Å²) in [5.74, 6) is 0.0535. The Kier molecular flexibility index (Phi) is 14.6. The molecule has 10 heteroatoms. The van der Waals surface area contributed by atoms with E-state index in [4.69, 9.17) is 0 Å². The number of sulfone groups is 1. The highest BCUT2D eigenvalue weighted by Gasteiger charge is 2.32. The van der Waals surface area contributed by atoms with Gasteiger partial charge in [-0.2, -0.15) is 0 Å². The highest BCUT2D eigenvalue weighted by atomic mass is 32.2. The Labute approximate surface area is 242 Å². The average Bonchev–Trinajstić information content (AvgIpc) is 2.82. The van der Waals surface area contributed by atoms with Gasteiger partial charge in [-0.1, -0.05) is 57.5 Å². The summed E-state index contributed by atoms with van der Waals surface area (Å²) >= 11 is 0. The van der Waals surface area contributed by atoms with Crippen molar-refractivity contribution in [2.45, 2.75) is 117 Å². The van der Waals surface area contributed by atoms with E-state index < -0.39 is 39.1 Å². The molecule has 0 bridgehead atoms. The van der Waals surface area contributed by atoms with Crippen LogP contribution in [0.5, 0.6) is 0 Å². The molecule has 1 rings (SSSR count). The molecular formula is C30H54N4O5S. The van der Waals surface area contributed by atoms with E-state index in [1.54, 1.807) is 13.8 Å². The second-order valence-electron chi connectivity index (χ2n) is 13.0. The van der Waals surface area contributed by atoms with Crippen molar-refractivity contribution < 1.29 is 23.1 Å². The van der Waals surface area contributed by atoms with Crippen LogP contribution in [0.2, 0.25) is 0 Å². The van der Waals surface area contributed by atoms with Gasteiger partial charge in [0.15, 0.2) is 9.84 Å². The zero-order chi connectivity index (χ0) is 30.6. The monoisotopic (exact) mass is 582 g/mol. The van der Waals surface area contributed by atoms with Crippen molar-refractivity contribution in [3.8, 4) is 0 Å². The summed E-state index contributed by atoms with van der Waals surface area (Å²) in [4.78, 5) is 25.8. The first kappa shape index (κ1) is 35.9. The minimum absolute atomic E-state index is 0.0760. The molecule has 0 radical (unpaired) electrons. The SMILES string of the molecule is CCCCS(=O)(=O)CC(C)(C)NCC(=O)N[C@@H](Cc1ccccc1)[C@@H](O)C(CCC(C)C)NC(=O)NC(C)(C)C. The molecule has 0 fully saturated rings. The topological polar surface area (TPSA) is 137 Å². The van der Waals surface area contributed by atoms with Crippen molar-refractivity contribution in [2.75, 3.05) is 18.1 Å². The van der Waals surface area contributed by atoms with Crippen LogP contribution in [0.1, 0.15) is 86.6 Å². The number of hydrogen-bond donors (Lipinski definition) is 5. The number of aliphatic hydroxyl groups excluding tert-OH is 1.